The molecule has 1 aromatic carbocycles. The molecule has 0 aliphatic heterocycles. The highest BCUT2D eigenvalue weighted by Gasteiger charge is 2.12. The number of nitrogens with zero attached hydrogens (tertiary/aromatic N) is 4. The maximum atomic E-state index is 12.4. The minimum absolute atomic E-state index is 0.205. The van der Waals surface area contributed by atoms with Gasteiger partial charge in [0.15, 0.2) is 5.82 Å². The summed E-state index contributed by atoms with van der Waals surface area (Å²) in [6.45, 7) is 0. The van der Waals surface area contributed by atoms with Crippen LogP contribution in [0.1, 0.15) is 10.4 Å². The van der Waals surface area contributed by atoms with E-state index in [1.54, 1.807) is 18.5 Å². The number of carbonyl (C=O) groups is 1. The van der Waals surface area contributed by atoms with E-state index in [1.165, 1.54) is 6.33 Å². The quantitative estimate of drug-likeness (QED) is 0.802. The van der Waals surface area contributed by atoms with Crippen molar-refractivity contribution in [3.8, 4) is 0 Å². The Bertz CT molecular complexity index is 831. The number of pyridine rings is 1. The molecule has 0 aliphatic rings. The van der Waals surface area contributed by atoms with Crippen molar-refractivity contribution in [3.63, 3.8) is 0 Å². The highest BCUT2D eigenvalue weighted by molar-refractivity contribution is 6.07. The van der Waals surface area contributed by atoms with Crippen LogP contribution in [0.5, 0.6) is 0 Å². The van der Waals surface area contributed by atoms with Crippen LogP contribution >= 0.6 is 0 Å². The van der Waals surface area contributed by atoms with Crippen molar-refractivity contribution >= 4 is 28.3 Å². The van der Waals surface area contributed by atoms with Gasteiger partial charge in [-0.25, -0.2) is 9.97 Å². The van der Waals surface area contributed by atoms with Crippen molar-refractivity contribution in [1.29, 1.82) is 0 Å². The highest BCUT2D eigenvalue weighted by atomic mass is 16.1. The molecule has 6 heteroatoms. The Hall–Kier alpha value is -3.02. The van der Waals surface area contributed by atoms with E-state index < -0.39 is 0 Å². The number of aromatic nitrogens is 3. The number of hydrogen-bond donors (Lipinski definition) is 1. The predicted molar refractivity (Wildman–Crippen MR) is 86.1 cm³/mol. The summed E-state index contributed by atoms with van der Waals surface area (Å²) in [4.78, 5) is 26.6. The lowest BCUT2D eigenvalue weighted by molar-refractivity contribution is 0.102. The fourth-order valence-corrected chi connectivity index (χ4v) is 2.18. The average Bonchev–Trinajstić information content (AvgIpc) is 2.54. The molecule has 1 N–H and O–H groups in total. The first-order valence-corrected chi connectivity index (χ1v) is 6.78. The van der Waals surface area contributed by atoms with Gasteiger partial charge < -0.3 is 10.2 Å². The molecule has 0 unspecified atom stereocenters. The highest BCUT2D eigenvalue weighted by Crippen LogP contribution is 2.21. The zero-order valence-electron chi connectivity index (χ0n) is 12.3. The van der Waals surface area contributed by atoms with Gasteiger partial charge in [-0.15, -0.1) is 0 Å². The summed E-state index contributed by atoms with van der Waals surface area (Å²) in [7, 11) is 3.72. The van der Waals surface area contributed by atoms with Crippen LogP contribution in [0, 0.1) is 0 Å². The molecule has 0 aliphatic carbocycles. The third-order valence-electron chi connectivity index (χ3n) is 3.23. The predicted octanol–water partition coefficient (Wildman–Crippen LogP) is 2.34. The van der Waals surface area contributed by atoms with E-state index in [0.29, 0.717) is 17.1 Å². The summed E-state index contributed by atoms with van der Waals surface area (Å²) in [5, 5.41) is 3.77. The molecule has 6 nitrogen and oxygen atoms in total. The molecule has 3 aromatic rings. The Balaban J connectivity index is 1.90. The lowest BCUT2D eigenvalue weighted by Gasteiger charge is -2.15. The largest absolute Gasteiger partial charge is 0.361 e. The first-order valence-electron chi connectivity index (χ1n) is 6.78. The maximum absolute atomic E-state index is 12.4. The van der Waals surface area contributed by atoms with Crippen molar-refractivity contribution < 1.29 is 4.79 Å². The molecule has 22 heavy (non-hydrogen) atoms. The van der Waals surface area contributed by atoms with Crippen LogP contribution in [0.15, 0.2) is 49.1 Å². The number of nitrogens with one attached hydrogen (secondary N) is 1. The fraction of sp³-hybridized carbons (Fsp3) is 0.125. The summed E-state index contributed by atoms with van der Waals surface area (Å²) in [5.74, 6) is 0.453. The molecular weight excluding hydrogens is 278 g/mol. The molecular formula is C16H15N5O. The van der Waals surface area contributed by atoms with Gasteiger partial charge in [-0.1, -0.05) is 6.07 Å². The molecule has 0 fully saturated rings. The molecule has 110 valence electrons. The Morgan fingerprint density at radius 3 is 2.86 bits per heavy atom. The van der Waals surface area contributed by atoms with E-state index in [1.807, 2.05) is 43.3 Å². The normalized spacial score (nSPS) is 10.5. The monoisotopic (exact) mass is 293 g/mol. The molecule has 0 saturated carbocycles. The van der Waals surface area contributed by atoms with Gasteiger partial charge in [-0.3, -0.25) is 9.78 Å². The van der Waals surface area contributed by atoms with Crippen molar-refractivity contribution in [1.82, 2.24) is 15.0 Å². The van der Waals surface area contributed by atoms with E-state index in [2.05, 4.69) is 20.3 Å². The summed E-state index contributed by atoms with van der Waals surface area (Å²) in [6, 6.07) is 9.17. The number of fused-ring (bicyclic) bond motifs is 1. The number of anilines is 2. The molecule has 3 rings (SSSR count). The SMILES string of the molecule is CN(C)c1ncncc1NC(=O)c1ccc2ncccc2c1. The second kappa shape index (κ2) is 5.77. The van der Waals surface area contributed by atoms with Crippen LogP contribution in [0.2, 0.25) is 0 Å². The van der Waals surface area contributed by atoms with E-state index in [0.717, 1.165) is 10.9 Å². The molecule has 2 heterocycles. The van der Waals surface area contributed by atoms with E-state index in [4.69, 9.17) is 0 Å². The summed E-state index contributed by atoms with van der Waals surface area (Å²) >= 11 is 0. The molecule has 0 saturated heterocycles. The summed E-state index contributed by atoms with van der Waals surface area (Å²) < 4.78 is 0. The van der Waals surface area contributed by atoms with Crippen LogP contribution < -0.4 is 10.2 Å². The molecule has 0 spiro atoms. The zero-order chi connectivity index (χ0) is 15.5. The average molecular weight is 293 g/mol. The number of benzene rings is 1. The number of carbonyl (C=O) groups excluding carboxylic acids is 1. The van der Waals surface area contributed by atoms with Crippen molar-refractivity contribution in [3.05, 3.63) is 54.6 Å². The van der Waals surface area contributed by atoms with Crippen molar-refractivity contribution in [2.24, 2.45) is 0 Å². The number of hydrogen-bond acceptors (Lipinski definition) is 5. The van der Waals surface area contributed by atoms with E-state index in [9.17, 15) is 4.79 Å². The van der Waals surface area contributed by atoms with Gasteiger partial charge in [0.05, 0.1) is 11.7 Å². The van der Waals surface area contributed by atoms with Crippen LogP contribution in [-0.2, 0) is 0 Å². The minimum atomic E-state index is -0.205. The van der Waals surface area contributed by atoms with Crippen LogP contribution in [0.4, 0.5) is 11.5 Å². The first kappa shape index (κ1) is 13.9. The van der Waals surface area contributed by atoms with E-state index in [-0.39, 0.29) is 5.91 Å². The van der Waals surface area contributed by atoms with Gasteiger partial charge in [-0.05, 0) is 24.3 Å². The lowest BCUT2D eigenvalue weighted by atomic mass is 10.1. The smallest absolute Gasteiger partial charge is 0.255 e. The third kappa shape index (κ3) is 2.71. The summed E-state index contributed by atoms with van der Waals surface area (Å²) in [6.07, 6.45) is 4.77. The first-order chi connectivity index (χ1) is 10.6. The maximum Gasteiger partial charge on any atom is 0.255 e. The second-order valence-corrected chi connectivity index (χ2v) is 5.02. The van der Waals surface area contributed by atoms with Crippen molar-refractivity contribution in [2.75, 3.05) is 24.3 Å². The fourth-order valence-electron chi connectivity index (χ4n) is 2.18. The second-order valence-electron chi connectivity index (χ2n) is 5.02. The zero-order valence-corrected chi connectivity index (χ0v) is 12.3. The van der Waals surface area contributed by atoms with Gasteiger partial charge in [0.1, 0.15) is 12.0 Å². The molecule has 0 bridgehead atoms. The number of amides is 1. The van der Waals surface area contributed by atoms with Crippen LogP contribution in [0.25, 0.3) is 10.9 Å². The Morgan fingerprint density at radius 2 is 2.05 bits per heavy atom. The molecule has 0 atom stereocenters. The van der Waals surface area contributed by atoms with Crippen LogP contribution in [-0.4, -0.2) is 35.0 Å². The molecule has 2 aromatic heterocycles. The third-order valence-corrected chi connectivity index (χ3v) is 3.23. The van der Waals surface area contributed by atoms with Gasteiger partial charge in [-0.2, -0.15) is 0 Å². The topological polar surface area (TPSA) is 71.0 Å². The molecule has 1 amide bonds. The van der Waals surface area contributed by atoms with E-state index >= 15 is 0 Å². The summed E-state index contributed by atoms with van der Waals surface area (Å²) in [5.41, 5.74) is 1.99. The standard InChI is InChI=1S/C16H15N5O/c1-21(2)15-14(9-17-10-19-15)20-16(22)12-5-6-13-11(8-12)4-3-7-18-13/h3-10H,1-2H3,(H,20,22). The Kier molecular flexibility index (Phi) is 3.65. The Morgan fingerprint density at radius 1 is 1.18 bits per heavy atom. The molecule has 0 radical (unpaired) electrons. The van der Waals surface area contributed by atoms with Crippen LogP contribution in [0.3, 0.4) is 0 Å². The lowest BCUT2D eigenvalue weighted by Crippen LogP contribution is -2.18. The van der Waals surface area contributed by atoms with Crippen molar-refractivity contribution in [2.45, 2.75) is 0 Å². The Labute approximate surface area is 127 Å². The van der Waals surface area contributed by atoms with Gasteiger partial charge in [0, 0.05) is 31.2 Å². The van der Waals surface area contributed by atoms with Gasteiger partial charge in [0.2, 0.25) is 0 Å². The number of rotatable bonds is 3. The van der Waals surface area contributed by atoms with Gasteiger partial charge >= 0.3 is 0 Å². The minimum Gasteiger partial charge on any atom is -0.361 e. The van der Waals surface area contributed by atoms with Gasteiger partial charge in [0.25, 0.3) is 5.91 Å².